The number of hydrogen-bond donors (Lipinski definition) is 2. The molecule has 0 aliphatic heterocycles. The van der Waals surface area contributed by atoms with Gasteiger partial charge in [0, 0.05) is 10.6 Å². The van der Waals surface area contributed by atoms with Gasteiger partial charge in [0.25, 0.3) is 0 Å². The monoisotopic (exact) mass is 523 g/mol. The predicted molar refractivity (Wildman–Crippen MR) is 125 cm³/mol. The maximum Gasteiger partial charge on any atom is 0.247 e. The second kappa shape index (κ2) is 11.1. The van der Waals surface area contributed by atoms with Crippen LogP contribution in [0, 0.1) is 0 Å². The molecule has 1 heterocycles. The van der Waals surface area contributed by atoms with E-state index in [1.54, 1.807) is 6.07 Å². The molecule has 0 saturated heterocycles. The van der Waals surface area contributed by atoms with Crippen LogP contribution in [0.5, 0.6) is 11.5 Å². The van der Waals surface area contributed by atoms with Crippen molar-refractivity contribution in [2.75, 3.05) is 12.3 Å². The van der Waals surface area contributed by atoms with Crippen LogP contribution in [0.4, 0.5) is 5.13 Å². The van der Waals surface area contributed by atoms with Crippen LogP contribution < -0.4 is 20.6 Å². The fourth-order valence-electron chi connectivity index (χ4n) is 2.52. The van der Waals surface area contributed by atoms with Gasteiger partial charge in [-0.15, -0.1) is 10.2 Å². The maximum atomic E-state index is 12.0. The minimum atomic E-state index is -0.323. The standard InChI is InChI=1S/C20H19BrClN5O3S/c1-2-29-16-8-12(10-24-25-17(28)9-18-26-27-20(23)31-18)7-14(21)19(16)30-11-13-5-3-4-6-15(13)22/h3-8,10H,2,9,11H2,1H3,(H2,23,27)(H,25,28)/b24-10-. The maximum absolute atomic E-state index is 12.0. The number of halogens is 2. The molecule has 0 atom stereocenters. The van der Waals surface area contributed by atoms with E-state index in [4.69, 9.17) is 26.8 Å². The average molecular weight is 525 g/mol. The van der Waals surface area contributed by atoms with Gasteiger partial charge < -0.3 is 15.2 Å². The molecule has 0 fully saturated rings. The molecular formula is C20H19BrClN5O3S. The van der Waals surface area contributed by atoms with Crippen molar-refractivity contribution in [3.05, 3.63) is 62.0 Å². The number of nitrogen functional groups attached to an aromatic ring is 1. The van der Waals surface area contributed by atoms with Crippen LogP contribution in [0.2, 0.25) is 5.02 Å². The predicted octanol–water partition coefficient (Wildman–Crippen LogP) is 4.21. The number of nitrogens with two attached hydrogens (primary N) is 1. The summed E-state index contributed by atoms with van der Waals surface area (Å²) in [5.74, 6) is 0.772. The Morgan fingerprint density at radius 3 is 2.84 bits per heavy atom. The van der Waals surface area contributed by atoms with Gasteiger partial charge in [0.05, 0.1) is 23.7 Å². The molecule has 0 radical (unpaired) electrons. The number of nitrogens with one attached hydrogen (secondary N) is 1. The first-order chi connectivity index (χ1) is 15.0. The second-order valence-corrected chi connectivity index (χ2v) is 8.50. The van der Waals surface area contributed by atoms with Crippen LogP contribution in [0.1, 0.15) is 23.1 Å². The normalized spacial score (nSPS) is 10.9. The number of ether oxygens (including phenoxy) is 2. The van der Waals surface area contributed by atoms with Crippen LogP contribution in [-0.2, 0) is 17.8 Å². The molecule has 0 saturated carbocycles. The molecule has 3 aromatic rings. The number of carbonyl (C=O) groups excluding carboxylic acids is 1. The van der Waals surface area contributed by atoms with E-state index < -0.39 is 0 Å². The van der Waals surface area contributed by atoms with Crippen LogP contribution in [-0.4, -0.2) is 28.9 Å². The molecule has 8 nitrogen and oxygen atoms in total. The Labute approximate surface area is 196 Å². The van der Waals surface area contributed by atoms with Crippen molar-refractivity contribution in [2.24, 2.45) is 5.10 Å². The molecule has 3 N–H and O–H groups in total. The largest absolute Gasteiger partial charge is 0.490 e. The van der Waals surface area contributed by atoms with Crippen molar-refractivity contribution >= 4 is 56.1 Å². The highest BCUT2D eigenvalue weighted by atomic mass is 79.9. The van der Waals surface area contributed by atoms with Crippen molar-refractivity contribution in [2.45, 2.75) is 20.0 Å². The van der Waals surface area contributed by atoms with Crippen molar-refractivity contribution < 1.29 is 14.3 Å². The molecule has 11 heteroatoms. The SMILES string of the molecule is CCOc1cc(/C=N\NC(=O)Cc2nnc(N)s2)cc(Br)c1OCc1ccccc1Cl. The number of hydrazone groups is 1. The summed E-state index contributed by atoms with van der Waals surface area (Å²) < 4.78 is 12.4. The lowest BCUT2D eigenvalue weighted by molar-refractivity contribution is -0.120. The molecule has 0 unspecified atom stereocenters. The Morgan fingerprint density at radius 2 is 2.13 bits per heavy atom. The zero-order chi connectivity index (χ0) is 22.2. The smallest absolute Gasteiger partial charge is 0.247 e. The van der Waals surface area contributed by atoms with Crippen molar-refractivity contribution in [1.82, 2.24) is 15.6 Å². The van der Waals surface area contributed by atoms with E-state index in [1.807, 2.05) is 37.3 Å². The van der Waals surface area contributed by atoms with Gasteiger partial charge in [0.2, 0.25) is 11.0 Å². The molecule has 2 aromatic carbocycles. The summed E-state index contributed by atoms with van der Waals surface area (Å²) in [7, 11) is 0. The summed E-state index contributed by atoms with van der Waals surface area (Å²) in [5.41, 5.74) is 9.54. The highest BCUT2D eigenvalue weighted by molar-refractivity contribution is 9.10. The van der Waals surface area contributed by atoms with E-state index in [1.165, 1.54) is 6.21 Å². The van der Waals surface area contributed by atoms with Crippen molar-refractivity contribution in [3.63, 3.8) is 0 Å². The molecule has 0 aliphatic rings. The molecule has 0 bridgehead atoms. The molecule has 0 aliphatic carbocycles. The fourth-order valence-corrected chi connectivity index (χ4v) is 3.90. The number of amides is 1. The Bertz CT molecular complexity index is 1090. The third-order valence-corrected chi connectivity index (χ3v) is 5.57. The van der Waals surface area contributed by atoms with E-state index in [9.17, 15) is 4.79 Å². The quantitative estimate of drug-likeness (QED) is 0.320. The summed E-state index contributed by atoms with van der Waals surface area (Å²) in [6, 6.07) is 11.1. The Morgan fingerprint density at radius 1 is 1.32 bits per heavy atom. The Hall–Kier alpha value is -2.69. The number of aromatic nitrogens is 2. The number of carbonyl (C=O) groups is 1. The van der Waals surface area contributed by atoms with Crippen molar-refractivity contribution in [3.8, 4) is 11.5 Å². The van der Waals surface area contributed by atoms with Crippen LogP contribution >= 0.6 is 38.9 Å². The van der Waals surface area contributed by atoms with Gasteiger partial charge in [-0.1, -0.05) is 41.1 Å². The van der Waals surface area contributed by atoms with Crippen LogP contribution in [0.3, 0.4) is 0 Å². The first-order valence-electron chi connectivity index (χ1n) is 9.18. The zero-order valence-electron chi connectivity index (χ0n) is 16.5. The highest BCUT2D eigenvalue weighted by Crippen LogP contribution is 2.37. The fraction of sp³-hybridized carbons (Fsp3) is 0.200. The summed E-state index contributed by atoms with van der Waals surface area (Å²) in [6.45, 7) is 2.63. The number of benzene rings is 2. The van der Waals surface area contributed by atoms with Crippen LogP contribution in [0.25, 0.3) is 0 Å². The average Bonchev–Trinajstić information content (AvgIpc) is 3.13. The molecule has 1 aromatic heterocycles. The number of nitrogens with zero attached hydrogens (tertiary/aromatic N) is 3. The summed E-state index contributed by atoms with van der Waals surface area (Å²) in [5, 5.41) is 12.9. The second-order valence-electron chi connectivity index (χ2n) is 6.15. The molecule has 31 heavy (non-hydrogen) atoms. The summed E-state index contributed by atoms with van der Waals surface area (Å²) >= 11 is 10.9. The lowest BCUT2D eigenvalue weighted by Crippen LogP contribution is -2.19. The van der Waals surface area contributed by atoms with Gasteiger partial charge in [0.15, 0.2) is 11.5 Å². The number of rotatable bonds is 9. The summed E-state index contributed by atoms with van der Waals surface area (Å²) in [4.78, 5) is 12.0. The van der Waals surface area contributed by atoms with E-state index in [-0.39, 0.29) is 18.9 Å². The van der Waals surface area contributed by atoms with Gasteiger partial charge in [0.1, 0.15) is 11.6 Å². The zero-order valence-corrected chi connectivity index (χ0v) is 19.6. The van der Waals surface area contributed by atoms with Gasteiger partial charge in [-0.05, 0) is 46.6 Å². The number of hydrogen-bond acceptors (Lipinski definition) is 8. The molecular weight excluding hydrogens is 506 g/mol. The highest BCUT2D eigenvalue weighted by Gasteiger charge is 2.13. The van der Waals surface area contributed by atoms with E-state index >= 15 is 0 Å². The van der Waals surface area contributed by atoms with Gasteiger partial charge in [-0.3, -0.25) is 4.79 Å². The molecule has 1 amide bonds. The molecule has 162 valence electrons. The Balaban J connectivity index is 1.68. The van der Waals surface area contributed by atoms with E-state index in [2.05, 4.69) is 36.7 Å². The van der Waals surface area contributed by atoms with Gasteiger partial charge in [-0.2, -0.15) is 5.10 Å². The Kier molecular flexibility index (Phi) is 8.21. The molecule has 0 spiro atoms. The number of anilines is 1. The van der Waals surface area contributed by atoms with Crippen molar-refractivity contribution in [1.29, 1.82) is 0 Å². The topological polar surface area (TPSA) is 112 Å². The first-order valence-corrected chi connectivity index (χ1v) is 11.2. The van der Waals surface area contributed by atoms with Gasteiger partial charge >= 0.3 is 0 Å². The van der Waals surface area contributed by atoms with E-state index in [0.717, 1.165) is 16.9 Å². The minimum absolute atomic E-state index is 0.0505. The third-order valence-electron chi connectivity index (χ3n) is 3.86. The lowest BCUT2D eigenvalue weighted by Gasteiger charge is -2.15. The first kappa shape index (κ1) is 23.0. The third kappa shape index (κ3) is 6.65. The summed E-state index contributed by atoms with van der Waals surface area (Å²) in [6.07, 6.45) is 1.56. The van der Waals surface area contributed by atoms with Crippen LogP contribution in [0.15, 0.2) is 46.0 Å². The van der Waals surface area contributed by atoms with Gasteiger partial charge in [-0.25, -0.2) is 5.43 Å². The molecule has 3 rings (SSSR count). The minimum Gasteiger partial charge on any atom is -0.490 e. The van der Waals surface area contributed by atoms with E-state index in [0.29, 0.717) is 43.3 Å². The lowest BCUT2D eigenvalue weighted by atomic mass is 10.2.